The van der Waals surface area contributed by atoms with Crippen LogP contribution in [0.15, 0.2) is 11.0 Å². The number of alkyl halides is 2. The molecule has 5 heteroatoms. The summed E-state index contributed by atoms with van der Waals surface area (Å²) in [4.78, 5) is 13.3. The minimum Gasteiger partial charge on any atom is -0.328 e. The Hall–Kier alpha value is -1.70. The van der Waals surface area contributed by atoms with Gasteiger partial charge in [0.1, 0.15) is 0 Å². The van der Waals surface area contributed by atoms with Gasteiger partial charge in [0.25, 0.3) is 12.0 Å². The second-order valence-electron chi connectivity index (χ2n) is 2.81. The quantitative estimate of drug-likeness (QED) is 0.786. The summed E-state index contributed by atoms with van der Waals surface area (Å²) in [6.45, 7) is 1.43. The maximum atomic E-state index is 12.4. The summed E-state index contributed by atoms with van der Waals surface area (Å²) in [6, 6.07) is 1.76. The zero-order valence-electron chi connectivity index (χ0n) is 7.47. The summed E-state index contributed by atoms with van der Waals surface area (Å²) in [5.74, 6) is 0. The van der Waals surface area contributed by atoms with E-state index in [9.17, 15) is 13.6 Å². The highest BCUT2D eigenvalue weighted by Gasteiger charge is 2.16. The number of aromatic nitrogens is 1. The molecule has 0 atom stereocenters. The molecule has 74 valence electrons. The van der Waals surface area contributed by atoms with Gasteiger partial charge in [0, 0.05) is 17.3 Å². The van der Waals surface area contributed by atoms with Gasteiger partial charge in [-0.2, -0.15) is 5.26 Å². The van der Waals surface area contributed by atoms with Gasteiger partial charge in [-0.05, 0) is 12.5 Å². The lowest BCUT2D eigenvalue weighted by Crippen LogP contribution is -2.14. The Balaban J connectivity index is 3.39. The van der Waals surface area contributed by atoms with Crippen molar-refractivity contribution in [3.05, 3.63) is 33.2 Å². The van der Waals surface area contributed by atoms with Crippen LogP contribution in [-0.4, -0.2) is 4.98 Å². The molecule has 0 radical (unpaired) electrons. The van der Waals surface area contributed by atoms with Crippen LogP contribution in [0, 0.1) is 18.3 Å². The maximum absolute atomic E-state index is 12.4. The van der Waals surface area contributed by atoms with Crippen molar-refractivity contribution in [2.75, 3.05) is 0 Å². The lowest BCUT2D eigenvalue weighted by molar-refractivity contribution is 0.150. The van der Waals surface area contributed by atoms with Crippen molar-refractivity contribution >= 4 is 0 Å². The lowest BCUT2D eigenvalue weighted by atomic mass is 10.0. The van der Waals surface area contributed by atoms with Crippen LogP contribution in [0.1, 0.15) is 23.1 Å². The second-order valence-corrected chi connectivity index (χ2v) is 2.81. The molecule has 0 aliphatic carbocycles. The Labute approximate surface area is 79.0 Å². The van der Waals surface area contributed by atoms with Gasteiger partial charge >= 0.3 is 0 Å². The van der Waals surface area contributed by atoms with Crippen molar-refractivity contribution in [2.24, 2.45) is 0 Å². The monoisotopic (exact) mass is 198 g/mol. The van der Waals surface area contributed by atoms with Gasteiger partial charge in [-0.1, -0.05) is 0 Å². The number of halogens is 2. The highest BCUT2D eigenvalue weighted by atomic mass is 19.3. The summed E-state index contributed by atoms with van der Waals surface area (Å²) in [5, 5.41) is 8.43. The van der Waals surface area contributed by atoms with Crippen molar-refractivity contribution in [1.82, 2.24) is 4.98 Å². The Morgan fingerprint density at radius 3 is 2.79 bits per heavy atom. The van der Waals surface area contributed by atoms with Gasteiger partial charge in [-0.25, -0.2) is 8.78 Å². The summed E-state index contributed by atoms with van der Waals surface area (Å²) in [5.41, 5.74) is -0.390. The second kappa shape index (κ2) is 4.01. The standard InChI is InChI=1S/C9H8F2N2O/c1-5-6(2-3-12)7(8(10)11)4-13-9(5)14/h4,8H,2H2,1H3,(H,13,14). The Morgan fingerprint density at radius 1 is 1.64 bits per heavy atom. The summed E-state index contributed by atoms with van der Waals surface area (Å²) in [7, 11) is 0. The number of nitrogens with zero attached hydrogens (tertiary/aromatic N) is 1. The van der Waals surface area contributed by atoms with Crippen LogP contribution in [0.5, 0.6) is 0 Å². The van der Waals surface area contributed by atoms with E-state index in [1.165, 1.54) is 6.92 Å². The molecule has 0 amide bonds. The highest BCUT2D eigenvalue weighted by Crippen LogP contribution is 2.22. The summed E-state index contributed by atoms with van der Waals surface area (Å²) >= 11 is 0. The average molecular weight is 198 g/mol. The summed E-state index contributed by atoms with van der Waals surface area (Å²) in [6.07, 6.45) is -1.88. The largest absolute Gasteiger partial charge is 0.328 e. The Bertz CT molecular complexity index is 431. The van der Waals surface area contributed by atoms with Crippen molar-refractivity contribution in [3.8, 4) is 6.07 Å². The molecule has 0 spiro atoms. The first-order chi connectivity index (χ1) is 6.57. The molecule has 1 heterocycles. The van der Waals surface area contributed by atoms with Crippen molar-refractivity contribution in [1.29, 1.82) is 5.26 Å². The number of rotatable bonds is 2. The zero-order chi connectivity index (χ0) is 10.7. The van der Waals surface area contributed by atoms with Gasteiger partial charge in [-0.3, -0.25) is 4.79 Å². The molecule has 0 aromatic carbocycles. The molecule has 0 unspecified atom stereocenters. The van der Waals surface area contributed by atoms with Gasteiger partial charge in [0.2, 0.25) is 0 Å². The fourth-order valence-electron chi connectivity index (χ4n) is 1.20. The molecular formula is C9H8F2N2O. The SMILES string of the molecule is Cc1c(CC#N)c(C(F)F)c[nH]c1=O. The van der Waals surface area contributed by atoms with E-state index in [2.05, 4.69) is 4.98 Å². The molecule has 1 N–H and O–H groups in total. The van der Waals surface area contributed by atoms with Gasteiger partial charge in [0.15, 0.2) is 0 Å². The predicted octanol–water partition coefficient (Wildman–Crippen LogP) is 1.69. The van der Waals surface area contributed by atoms with E-state index in [-0.39, 0.29) is 23.1 Å². The van der Waals surface area contributed by atoms with E-state index in [1.807, 2.05) is 0 Å². The highest BCUT2D eigenvalue weighted by molar-refractivity contribution is 5.33. The van der Waals surface area contributed by atoms with Crippen LogP contribution in [0.4, 0.5) is 8.78 Å². The van der Waals surface area contributed by atoms with Gasteiger partial charge in [-0.15, -0.1) is 0 Å². The number of H-pyrrole nitrogens is 1. The first kappa shape index (κ1) is 10.4. The molecule has 14 heavy (non-hydrogen) atoms. The molecule has 0 saturated heterocycles. The van der Waals surface area contributed by atoms with Crippen LogP contribution in [0.3, 0.4) is 0 Å². The minimum absolute atomic E-state index is 0.131. The fourth-order valence-corrected chi connectivity index (χ4v) is 1.20. The molecule has 0 saturated carbocycles. The number of nitrogens with one attached hydrogen (secondary N) is 1. The maximum Gasteiger partial charge on any atom is 0.265 e. The van der Waals surface area contributed by atoms with E-state index < -0.39 is 12.0 Å². The molecule has 0 aliphatic rings. The summed E-state index contributed by atoms with van der Waals surface area (Å²) < 4.78 is 24.9. The predicted molar refractivity (Wildman–Crippen MR) is 46.1 cm³/mol. The molecule has 3 nitrogen and oxygen atoms in total. The smallest absolute Gasteiger partial charge is 0.265 e. The van der Waals surface area contributed by atoms with E-state index >= 15 is 0 Å². The third kappa shape index (κ3) is 1.79. The molecule has 0 aliphatic heterocycles. The number of hydrogen-bond acceptors (Lipinski definition) is 2. The van der Waals surface area contributed by atoms with Gasteiger partial charge in [0.05, 0.1) is 12.5 Å². The Morgan fingerprint density at radius 2 is 2.29 bits per heavy atom. The first-order valence-corrected chi connectivity index (χ1v) is 3.94. The van der Waals surface area contributed by atoms with Crippen LogP contribution in [0.25, 0.3) is 0 Å². The average Bonchev–Trinajstić information content (AvgIpc) is 2.13. The molecule has 0 bridgehead atoms. The molecule has 1 aromatic heterocycles. The number of aromatic amines is 1. The number of pyridine rings is 1. The fraction of sp³-hybridized carbons (Fsp3) is 0.333. The molecule has 1 rings (SSSR count). The van der Waals surface area contributed by atoms with E-state index in [4.69, 9.17) is 5.26 Å². The van der Waals surface area contributed by atoms with Crippen molar-refractivity contribution in [3.63, 3.8) is 0 Å². The lowest BCUT2D eigenvalue weighted by Gasteiger charge is -2.07. The van der Waals surface area contributed by atoms with E-state index in [0.29, 0.717) is 0 Å². The number of hydrogen-bond donors (Lipinski definition) is 1. The minimum atomic E-state index is -2.67. The topological polar surface area (TPSA) is 56.6 Å². The van der Waals surface area contributed by atoms with Crippen LogP contribution < -0.4 is 5.56 Å². The zero-order valence-corrected chi connectivity index (χ0v) is 7.47. The van der Waals surface area contributed by atoms with Crippen LogP contribution in [0.2, 0.25) is 0 Å². The first-order valence-electron chi connectivity index (χ1n) is 3.94. The normalized spacial score (nSPS) is 10.2. The molecule has 0 fully saturated rings. The third-order valence-corrected chi connectivity index (χ3v) is 1.99. The number of nitriles is 1. The Kier molecular flexibility index (Phi) is 2.97. The van der Waals surface area contributed by atoms with E-state index in [0.717, 1.165) is 6.20 Å². The van der Waals surface area contributed by atoms with Crippen molar-refractivity contribution < 1.29 is 8.78 Å². The van der Waals surface area contributed by atoms with Crippen molar-refractivity contribution in [2.45, 2.75) is 19.8 Å². The van der Waals surface area contributed by atoms with E-state index in [1.54, 1.807) is 6.07 Å². The van der Waals surface area contributed by atoms with Gasteiger partial charge < -0.3 is 4.98 Å². The molecular weight excluding hydrogens is 190 g/mol. The third-order valence-electron chi connectivity index (χ3n) is 1.99. The van der Waals surface area contributed by atoms with Crippen LogP contribution >= 0.6 is 0 Å². The molecule has 1 aromatic rings. The van der Waals surface area contributed by atoms with Crippen LogP contribution in [-0.2, 0) is 6.42 Å².